The third kappa shape index (κ3) is 1.35. The molecule has 5 heterocycles. The van der Waals surface area contributed by atoms with Crippen molar-refractivity contribution >= 4 is 11.5 Å². The minimum Gasteiger partial charge on any atom is -0.308 e. The molecule has 102 valence electrons. The minimum atomic E-state index is -0.366. The molecule has 6 nitrogen and oxygen atoms in total. The molecule has 5 rings (SSSR count). The van der Waals surface area contributed by atoms with Gasteiger partial charge in [-0.15, -0.1) is 0 Å². The Morgan fingerprint density at radius 2 is 2.45 bits per heavy atom. The van der Waals surface area contributed by atoms with Crippen LogP contribution in [0.1, 0.15) is 12.0 Å². The van der Waals surface area contributed by atoms with Gasteiger partial charge in [-0.1, -0.05) is 0 Å². The highest BCUT2D eigenvalue weighted by molar-refractivity contribution is 6.00. The number of aromatic nitrogens is 2. The molecule has 2 fully saturated rings. The van der Waals surface area contributed by atoms with Crippen LogP contribution >= 0.6 is 0 Å². The van der Waals surface area contributed by atoms with E-state index in [1.807, 2.05) is 28.9 Å². The Labute approximate surface area is 116 Å². The Balaban J connectivity index is 1.55. The Bertz CT molecular complexity index is 690. The zero-order chi connectivity index (χ0) is 13.2. The molecular formula is C14H15N5O. The largest absolute Gasteiger partial charge is 0.308 e. The summed E-state index contributed by atoms with van der Waals surface area (Å²) in [5.74, 6) is 1.34. The molecule has 3 atom stereocenters. The van der Waals surface area contributed by atoms with Crippen molar-refractivity contribution in [3.05, 3.63) is 36.3 Å². The fraction of sp³-hybridized carbons (Fsp3) is 0.429. The molecule has 0 saturated carbocycles. The Morgan fingerprint density at radius 1 is 1.45 bits per heavy atom. The van der Waals surface area contributed by atoms with Gasteiger partial charge in [-0.05, 0) is 25.1 Å². The summed E-state index contributed by atoms with van der Waals surface area (Å²) < 4.78 is 1.99. The number of fused-ring (bicyclic) bond motifs is 4. The van der Waals surface area contributed by atoms with Crippen LogP contribution in [0.4, 0.5) is 0 Å². The van der Waals surface area contributed by atoms with E-state index in [0.29, 0.717) is 5.92 Å². The average Bonchev–Trinajstić information content (AvgIpc) is 3.20. The first-order chi connectivity index (χ1) is 9.82. The number of nitrogens with one attached hydrogen (secondary N) is 1. The van der Waals surface area contributed by atoms with Gasteiger partial charge in [0, 0.05) is 36.6 Å². The lowest BCUT2D eigenvalue weighted by Crippen LogP contribution is -2.42. The summed E-state index contributed by atoms with van der Waals surface area (Å²) in [5, 5.41) is 0. The molecule has 0 radical (unpaired) electrons. The molecule has 1 N–H and O–H groups in total. The van der Waals surface area contributed by atoms with Crippen LogP contribution in [0.15, 0.2) is 35.7 Å². The van der Waals surface area contributed by atoms with Crippen molar-refractivity contribution in [1.29, 1.82) is 0 Å². The van der Waals surface area contributed by atoms with E-state index in [4.69, 9.17) is 9.83 Å². The number of hydroxylamine groups is 1. The van der Waals surface area contributed by atoms with E-state index in [2.05, 4.69) is 15.4 Å². The highest BCUT2D eigenvalue weighted by Crippen LogP contribution is 2.41. The zero-order valence-corrected chi connectivity index (χ0v) is 11.0. The molecule has 2 aromatic heterocycles. The molecule has 0 aromatic carbocycles. The van der Waals surface area contributed by atoms with Gasteiger partial charge in [0.1, 0.15) is 5.65 Å². The molecule has 3 aliphatic heterocycles. The molecule has 3 aliphatic rings. The van der Waals surface area contributed by atoms with Gasteiger partial charge in [0.15, 0.2) is 5.84 Å². The topological polar surface area (TPSA) is 54.2 Å². The second kappa shape index (κ2) is 3.59. The fourth-order valence-electron chi connectivity index (χ4n) is 3.60. The summed E-state index contributed by atoms with van der Waals surface area (Å²) in [7, 11) is 0. The first-order valence-electron chi connectivity index (χ1n) is 7.02. The highest BCUT2D eigenvalue weighted by Gasteiger charge is 2.54. The summed E-state index contributed by atoms with van der Waals surface area (Å²) in [5.41, 5.74) is 4.61. The van der Waals surface area contributed by atoms with Crippen LogP contribution in [0.25, 0.3) is 5.65 Å². The van der Waals surface area contributed by atoms with Crippen LogP contribution in [-0.2, 0) is 4.84 Å². The van der Waals surface area contributed by atoms with Crippen molar-refractivity contribution in [3.63, 3.8) is 0 Å². The van der Waals surface area contributed by atoms with Crippen molar-refractivity contribution < 1.29 is 4.84 Å². The van der Waals surface area contributed by atoms with Gasteiger partial charge >= 0.3 is 0 Å². The number of rotatable bonds is 1. The number of nitrogens with zero attached hydrogens (tertiary/aromatic N) is 4. The third-order valence-electron chi connectivity index (χ3n) is 4.63. The minimum absolute atomic E-state index is 0.366. The van der Waals surface area contributed by atoms with Crippen molar-refractivity contribution in [2.75, 3.05) is 19.6 Å². The van der Waals surface area contributed by atoms with Crippen LogP contribution in [0, 0.1) is 5.92 Å². The number of hydrogen-bond acceptors (Lipinski definition) is 5. The standard InChI is InChI=1S/C14H15N5O/c1-3-15-12-6-10(7-19(12)4-1)13-16-14(20-17-13)9-18-5-2-11(14)8-18/h1,3-4,6-7,11H,2,5,8-9H2,(H,16,17). The molecule has 20 heavy (non-hydrogen) atoms. The Hall–Kier alpha value is -1.92. The second-order valence-electron chi connectivity index (χ2n) is 5.84. The van der Waals surface area contributed by atoms with Gasteiger partial charge in [0.25, 0.3) is 0 Å². The van der Waals surface area contributed by atoms with Gasteiger partial charge < -0.3 is 4.40 Å². The van der Waals surface area contributed by atoms with E-state index in [0.717, 1.165) is 30.1 Å². The lowest BCUT2D eigenvalue weighted by Gasteiger charge is -2.27. The van der Waals surface area contributed by atoms with Crippen LogP contribution < -0.4 is 5.48 Å². The summed E-state index contributed by atoms with van der Waals surface area (Å²) in [6.45, 7) is 3.19. The number of aliphatic imine (C=N–C) groups is 1. The number of hydrogen-bond donors (Lipinski definition) is 1. The van der Waals surface area contributed by atoms with E-state index in [9.17, 15) is 0 Å². The highest BCUT2D eigenvalue weighted by atomic mass is 16.7. The molecule has 3 unspecified atom stereocenters. The van der Waals surface area contributed by atoms with Gasteiger partial charge in [0.05, 0.1) is 6.54 Å². The van der Waals surface area contributed by atoms with E-state index in [1.165, 1.54) is 13.0 Å². The molecule has 1 spiro atoms. The predicted octanol–water partition coefficient (Wildman–Crippen LogP) is 0.647. The molecule has 0 aliphatic carbocycles. The van der Waals surface area contributed by atoms with E-state index >= 15 is 0 Å². The second-order valence-corrected chi connectivity index (χ2v) is 5.84. The smallest absolute Gasteiger partial charge is 0.204 e. The lowest BCUT2D eigenvalue weighted by atomic mass is 9.96. The molecule has 2 bridgehead atoms. The van der Waals surface area contributed by atoms with E-state index in [-0.39, 0.29) is 5.72 Å². The van der Waals surface area contributed by atoms with E-state index in [1.54, 1.807) is 6.20 Å². The van der Waals surface area contributed by atoms with Gasteiger partial charge in [-0.3, -0.25) is 4.90 Å². The lowest BCUT2D eigenvalue weighted by molar-refractivity contribution is -0.0820. The van der Waals surface area contributed by atoms with Gasteiger partial charge in [0.2, 0.25) is 5.72 Å². The molecule has 6 heteroatoms. The summed E-state index contributed by atoms with van der Waals surface area (Å²) in [6.07, 6.45) is 6.99. The van der Waals surface area contributed by atoms with Crippen molar-refractivity contribution in [3.8, 4) is 0 Å². The maximum absolute atomic E-state index is 5.87. The van der Waals surface area contributed by atoms with Crippen molar-refractivity contribution in [1.82, 2.24) is 19.8 Å². The van der Waals surface area contributed by atoms with Crippen molar-refractivity contribution in [2.45, 2.75) is 12.1 Å². The first kappa shape index (κ1) is 10.8. The quantitative estimate of drug-likeness (QED) is 0.826. The monoisotopic (exact) mass is 269 g/mol. The van der Waals surface area contributed by atoms with E-state index < -0.39 is 0 Å². The normalized spacial score (nSPS) is 34.9. The first-order valence-corrected chi connectivity index (χ1v) is 7.02. The fourth-order valence-corrected chi connectivity index (χ4v) is 3.60. The van der Waals surface area contributed by atoms with Crippen LogP contribution in [-0.4, -0.2) is 45.5 Å². The summed E-state index contributed by atoms with van der Waals surface area (Å²) in [6, 6.07) is 3.95. The van der Waals surface area contributed by atoms with Crippen LogP contribution in [0.5, 0.6) is 0 Å². The third-order valence-corrected chi connectivity index (χ3v) is 4.63. The predicted molar refractivity (Wildman–Crippen MR) is 73.2 cm³/mol. The molecule has 0 amide bonds. The maximum Gasteiger partial charge on any atom is 0.204 e. The Kier molecular flexibility index (Phi) is 1.94. The molecule has 2 saturated heterocycles. The van der Waals surface area contributed by atoms with Gasteiger partial charge in [-0.25, -0.2) is 20.3 Å². The average molecular weight is 269 g/mol. The molecular weight excluding hydrogens is 254 g/mol. The molecule has 2 aromatic rings. The van der Waals surface area contributed by atoms with Gasteiger partial charge in [-0.2, -0.15) is 0 Å². The van der Waals surface area contributed by atoms with Crippen LogP contribution in [0.3, 0.4) is 0 Å². The van der Waals surface area contributed by atoms with Crippen LogP contribution in [0.2, 0.25) is 0 Å². The SMILES string of the molecule is c1cnc2cc(C3=NC4(CN5CCC4C5)ON3)cn2c1. The number of piperidine rings is 1. The zero-order valence-electron chi connectivity index (χ0n) is 11.0. The van der Waals surface area contributed by atoms with Crippen molar-refractivity contribution in [2.24, 2.45) is 10.9 Å². The summed E-state index contributed by atoms with van der Waals surface area (Å²) >= 11 is 0. The Morgan fingerprint density at radius 3 is 3.25 bits per heavy atom. The summed E-state index contributed by atoms with van der Waals surface area (Å²) in [4.78, 5) is 17.5. The maximum atomic E-state index is 5.87. The number of amidine groups is 1.